The fraction of sp³-hybridized carbons (Fsp3) is 0.292. The number of benzene rings is 2. The standard InChI is InChI=1S/C24H25N3O2S/c1-16-22(26-24(30-16)20-6-4-3-5-7-20)18-8-10-21(11-9-18)25-23(29)19-12-14-27(15-13-19)17(2)28/h3-11,19H,12-15H2,1-2H3,(H,25,29). The van der Waals surface area contributed by atoms with Crippen molar-refractivity contribution < 1.29 is 9.59 Å². The highest BCUT2D eigenvalue weighted by molar-refractivity contribution is 7.15. The largest absolute Gasteiger partial charge is 0.343 e. The van der Waals surface area contributed by atoms with Gasteiger partial charge in [0.2, 0.25) is 11.8 Å². The highest BCUT2D eigenvalue weighted by Gasteiger charge is 2.26. The lowest BCUT2D eigenvalue weighted by Gasteiger charge is -2.30. The molecule has 154 valence electrons. The Bertz CT molecular complexity index is 1040. The molecule has 0 atom stereocenters. The van der Waals surface area contributed by atoms with Gasteiger partial charge in [0.25, 0.3) is 0 Å². The van der Waals surface area contributed by atoms with Crippen LogP contribution in [0.1, 0.15) is 24.6 Å². The molecule has 2 amide bonds. The van der Waals surface area contributed by atoms with Crippen LogP contribution in [0.15, 0.2) is 54.6 Å². The highest BCUT2D eigenvalue weighted by Crippen LogP contribution is 2.33. The molecule has 0 saturated carbocycles. The van der Waals surface area contributed by atoms with Gasteiger partial charge in [0.1, 0.15) is 5.01 Å². The Morgan fingerprint density at radius 1 is 1.00 bits per heavy atom. The number of nitrogens with one attached hydrogen (secondary N) is 1. The first-order valence-electron chi connectivity index (χ1n) is 10.2. The molecule has 2 aromatic carbocycles. The molecule has 0 radical (unpaired) electrons. The van der Waals surface area contributed by atoms with Crippen molar-refractivity contribution in [3.63, 3.8) is 0 Å². The number of rotatable bonds is 4. The third kappa shape index (κ3) is 4.44. The van der Waals surface area contributed by atoms with Gasteiger partial charge in [-0.15, -0.1) is 11.3 Å². The molecule has 3 aromatic rings. The lowest BCUT2D eigenvalue weighted by atomic mass is 9.95. The maximum Gasteiger partial charge on any atom is 0.227 e. The molecule has 1 aliphatic rings. The molecule has 30 heavy (non-hydrogen) atoms. The van der Waals surface area contributed by atoms with Crippen LogP contribution in [-0.4, -0.2) is 34.8 Å². The zero-order chi connectivity index (χ0) is 21.1. The molecule has 1 aliphatic heterocycles. The number of hydrogen-bond acceptors (Lipinski definition) is 4. The normalized spacial score (nSPS) is 14.5. The third-order valence-corrected chi connectivity index (χ3v) is 6.57. The molecular formula is C24H25N3O2S. The number of hydrogen-bond donors (Lipinski definition) is 1. The number of nitrogens with zero attached hydrogens (tertiary/aromatic N) is 2. The van der Waals surface area contributed by atoms with Gasteiger partial charge in [-0.05, 0) is 31.9 Å². The second-order valence-electron chi connectivity index (χ2n) is 7.64. The molecule has 1 saturated heterocycles. The summed E-state index contributed by atoms with van der Waals surface area (Å²) < 4.78 is 0. The van der Waals surface area contributed by atoms with Crippen molar-refractivity contribution in [2.45, 2.75) is 26.7 Å². The lowest BCUT2D eigenvalue weighted by molar-refractivity contribution is -0.132. The van der Waals surface area contributed by atoms with Gasteiger partial charge in [0, 0.05) is 47.6 Å². The molecule has 0 spiro atoms. The number of carbonyl (C=O) groups is 2. The fourth-order valence-electron chi connectivity index (χ4n) is 3.78. The van der Waals surface area contributed by atoms with E-state index in [0.717, 1.165) is 27.5 Å². The molecule has 0 aliphatic carbocycles. The van der Waals surface area contributed by atoms with Gasteiger partial charge >= 0.3 is 0 Å². The molecule has 1 N–H and O–H groups in total. The van der Waals surface area contributed by atoms with E-state index in [1.54, 1.807) is 23.2 Å². The van der Waals surface area contributed by atoms with E-state index >= 15 is 0 Å². The number of piperidine rings is 1. The van der Waals surface area contributed by atoms with Crippen molar-refractivity contribution >= 4 is 28.8 Å². The van der Waals surface area contributed by atoms with E-state index in [9.17, 15) is 9.59 Å². The van der Waals surface area contributed by atoms with E-state index in [2.05, 4.69) is 24.4 Å². The number of anilines is 1. The quantitative estimate of drug-likeness (QED) is 0.649. The number of aromatic nitrogens is 1. The average molecular weight is 420 g/mol. The third-order valence-electron chi connectivity index (χ3n) is 5.55. The number of amides is 2. The first kappa shape index (κ1) is 20.3. The van der Waals surface area contributed by atoms with Gasteiger partial charge in [-0.25, -0.2) is 4.98 Å². The van der Waals surface area contributed by atoms with Gasteiger partial charge in [-0.1, -0.05) is 42.5 Å². The first-order valence-corrected chi connectivity index (χ1v) is 11.0. The predicted molar refractivity (Wildman–Crippen MR) is 121 cm³/mol. The molecule has 0 bridgehead atoms. The second kappa shape index (κ2) is 8.79. The Morgan fingerprint density at radius 3 is 2.30 bits per heavy atom. The summed E-state index contributed by atoms with van der Waals surface area (Å²) in [7, 11) is 0. The molecule has 0 unspecified atom stereocenters. The minimum Gasteiger partial charge on any atom is -0.343 e. The van der Waals surface area contributed by atoms with Crippen LogP contribution in [0.3, 0.4) is 0 Å². The number of likely N-dealkylation sites (tertiary alicyclic amines) is 1. The lowest BCUT2D eigenvalue weighted by Crippen LogP contribution is -2.40. The summed E-state index contributed by atoms with van der Waals surface area (Å²) in [5.74, 6) is 0.0637. The van der Waals surface area contributed by atoms with Crippen LogP contribution in [-0.2, 0) is 9.59 Å². The summed E-state index contributed by atoms with van der Waals surface area (Å²) in [6.45, 7) is 4.97. The Balaban J connectivity index is 1.42. The van der Waals surface area contributed by atoms with E-state index in [-0.39, 0.29) is 17.7 Å². The van der Waals surface area contributed by atoms with Crippen molar-refractivity contribution in [2.75, 3.05) is 18.4 Å². The Morgan fingerprint density at radius 2 is 1.67 bits per heavy atom. The smallest absolute Gasteiger partial charge is 0.227 e. The summed E-state index contributed by atoms with van der Waals surface area (Å²) in [5.41, 5.74) is 3.93. The van der Waals surface area contributed by atoms with Gasteiger partial charge in [0.05, 0.1) is 5.69 Å². The Hall–Kier alpha value is -2.99. The zero-order valence-electron chi connectivity index (χ0n) is 17.2. The van der Waals surface area contributed by atoms with Crippen LogP contribution in [0.25, 0.3) is 21.8 Å². The molecule has 6 heteroatoms. The summed E-state index contributed by atoms with van der Waals surface area (Å²) in [4.78, 5) is 31.8. The fourth-order valence-corrected chi connectivity index (χ4v) is 4.72. The molecule has 1 fully saturated rings. The van der Waals surface area contributed by atoms with Gasteiger partial charge in [-0.3, -0.25) is 9.59 Å². The van der Waals surface area contributed by atoms with Crippen LogP contribution < -0.4 is 5.32 Å². The molecule has 5 nitrogen and oxygen atoms in total. The molecular weight excluding hydrogens is 394 g/mol. The highest BCUT2D eigenvalue weighted by atomic mass is 32.1. The summed E-state index contributed by atoms with van der Waals surface area (Å²) in [6, 6.07) is 18.1. The van der Waals surface area contributed by atoms with E-state index in [4.69, 9.17) is 4.98 Å². The minimum atomic E-state index is -0.0468. The van der Waals surface area contributed by atoms with Crippen LogP contribution in [0, 0.1) is 12.8 Å². The van der Waals surface area contributed by atoms with Crippen molar-refractivity contribution in [3.8, 4) is 21.8 Å². The first-order chi connectivity index (χ1) is 14.5. The number of aryl methyl sites for hydroxylation is 1. The van der Waals surface area contributed by atoms with E-state index in [1.807, 2.05) is 42.5 Å². The summed E-state index contributed by atoms with van der Waals surface area (Å²) >= 11 is 1.69. The zero-order valence-corrected chi connectivity index (χ0v) is 18.0. The SMILES string of the molecule is CC(=O)N1CCC(C(=O)Nc2ccc(-c3nc(-c4ccccc4)sc3C)cc2)CC1. The van der Waals surface area contributed by atoms with Crippen LogP contribution in [0.2, 0.25) is 0 Å². The van der Waals surface area contributed by atoms with Crippen molar-refractivity contribution in [2.24, 2.45) is 5.92 Å². The Kier molecular flexibility index (Phi) is 5.95. The average Bonchev–Trinajstić information content (AvgIpc) is 3.16. The summed E-state index contributed by atoms with van der Waals surface area (Å²) in [5, 5.41) is 4.03. The Labute approximate surface area is 180 Å². The van der Waals surface area contributed by atoms with E-state index in [1.165, 1.54) is 4.88 Å². The predicted octanol–water partition coefficient (Wildman–Crippen LogP) is 4.98. The van der Waals surface area contributed by atoms with Crippen molar-refractivity contribution in [1.29, 1.82) is 0 Å². The van der Waals surface area contributed by atoms with Crippen molar-refractivity contribution in [1.82, 2.24) is 9.88 Å². The maximum absolute atomic E-state index is 12.6. The van der Waals surface area contributed by atoms with Gasteiger partial charge in [0.15, 0.2) is 0 Å². The maximum atomic E-state index is 12.6. The monoisotopic (exact) mass is 419 g/mol. The number of carbonyl (C=O) groups excluding carboxylic acids is 2. The molecule has 1 aromatic heterocycles. The molecule has 2 heterocycles. The van der Waals surface area contributed by atoms with E-state index in [0.29, 0.717) is 25.9 Å². The minimum absolute atomic E-state index is 0.0298. The van der Waals surface area contributed by atoms with Crippen molar-refractivity contribution in [3.05, 3.63) is 59.5 Å². The van der Waals surface area contributed by atoms with Gasteiger partial charge < -0.3 is 10.2 Å². The van der Waals surface area contributed by atoms with Crippen LogP contribution in [0.4, 0.5) is 5.69 Å². The van der Waals surface area contributed by atoms with Crippen LogP contribution >= 0.6 is 11.3 Å². The number of thiazole rings is 1. The van der Waals surface area contributed by atoms with E-state index < -0.39 is 0 Å². The molecule has 4 rings (SSSR count). The summed E-state index contributed by atoms with van der Waals surface area (Å²) in [6.07, 6.45) is 1.42. The van der Waals surface area contributed by atoms with Gasteiger partial charge in [-0.2, -0.15) is 0 Å². The second-order valence-corrected chi connectivity index (χ2v) is 8.84. The van der Waals surface area contributed by atoms with Crippen LogP contribution in [0.5, 0.6) is 0 Å². The topological polar surface area (TPSA) is 62.3 Å².